The third-order valence-electron chi connectivity index (χ3n) is 3.12. The maximum atomic E-state index is 3.60. The minimum atomic E-state index is 0.619. The molecule has 0 aliphatic heterocycles. The topological polar surface area (TPSA) is 12.0 Å². The van der Waals surface area contributed by atoms with E-state index in [2.05, 4.69) is 66.3 Å². The number of rotatable bonds is 8. The van der Waals surface area contributed by atoms with Crippen LogP contribution >= 0.6 is 27.7 Å². The molecule has 0 saturated carbocycles. The molecule has 3 heteroatoms. The van der Waals surface area contributed by atoms with Gasteiger partial charge in [0.05, 0.1) is 0 Å². The van der Waals surface area contributed by atoms with Crippen molar-refractivity contribution in [1.29, 1.82) is 0 Å². The van der Waals surface area contributed by atoms with Crippen LogP contribution in [0.2, 0.25) is 0 Å². The van der Waals surface area contributed by atoms with Crippen LogP contribution < -0.4 is 5.32 Å². The van der Waals surface area contributed by atoms with Gasteiger partial charge in [0.25, 0.3) is 0 Å². The van der Waals surface area contributed by atoms with Crippen LogP contribution in [0.3, 0.4) is 0 Å². The Morgan fingerprint density at radius 2 is 2.11 bits per heavy atom. The third kappa shape index (κ3) is 6.26. The first kappa shape index (κ1) is 16.1. The minimum Gasteiger partial charge on any atom is -0.313 e. The van der Waals surface area contributed by atoms with Crippen molar-refractivity contribution in [2.45, 2.75) is 44.6 Å². The molecule has 102 valence electrons. The van der Waals surface area contributed by atoms with E-state index >= 15 is 0 Å². The van der Waals surface area contributed by atoms with Crippen molar-refractivity contribution in [1.82, 2.24) is 5.32 Å². The summed E-state index contributed by atoms with van der Waals surface area (Å²) in [5.74, 6) is 1.95. The largest absolute Gasteiger partial charge is 0.313 e. The summed E-state index contributed by atoms with van der Waals surface area (Å²) in [4.78, 5) is 1.34. The lowest BCUT2D eigenvalue weighted by Crippen LogP contribution is -2.32. The maximum Gasteiger partial charge on any atom is 0.0186 e. The van der Waals surface area contributed by atoms with Gasteiger partial charge in [-0.15, -0.1) is 11.8 Å². The Kier molecular flexibility index (Phi) is 8.03. The van der Waals surface area contributed by atoms with E-state index < -0.39 is 0 Å². The molecule has 2 atom stereocenters. The number of nitrogens with one attached hydrogen (secondary N) is 1. The quantitative estimate of drug-likeness (QED) is 0.677. The van der Waals surface area contributed by atoms with Gasteiger partial charge in [0.2, 0.25) is 0 Å². The Bertz CT molecular complexity index is 343. The van der Waals surface area contributed by atoms with Crippen LogP contribution in [0.4, 0.5) is 0 Å². The second-order valence-corrected chi connectivity index (χ2v) is 6.78. The van der Waals surface area contributed by atoms with E-state index in [0.717, 1.165) is 22.7 Å². The fourth-order valence-electron chi connectivity index (χ4n) is 1.90. The lowest BCUT2D eigenvalue weighted by Gasteiger charge is -2.20. The minimum absolute atomic E-state index is 0.619. The fraction of sp³-hybridized carbons (Fsp3) is 0.600. The third-order valence-corrected chi connectivity index (χ3v) is 4.77. The molecule has 2 unspecified atom stereocenters. The second kappa shape index (κ2) is 9.00. The molecule has 0 bridgehead atoms. The van der Waals surface area contributed by atoms with E-state index in [1.807, 2.05) is 11.8 Å². The first-order chi connectivity index (χ1) is 8.65. The van der Waals surface area contributed by atoms with Crippen LogP contribution in [0.5, 0.6) is 0 Å². The first-order valence-corrected chi connectivity index (χ1v) is 8.55. The molecule has 0 aromatic heterocycles. The number of benzene rings is 1. The van der Waals surface area contributed by atoms with Crippen molar-refractivity contribution < 1.29 is 0 Å². The molecular weight excluding hydrogens is 306 g/mol. The zero-order chi connectivity index (χ0) is 13.4. The van der Waals surface area contributed by atoms with Gasteiger partial charge in [-0.05, 0) is 37.1 Å². The highest BCUT2D eigenvalue weighted by Crippen LogP contribution is 2.24. The van der Waals surface area contributed by atoms with Crippen LogP contribution in [-0.2, 0) is 0 Å². The van der Waals surface area contributed by atoms with Gasteiger partial charge < -0.3 is 5.32 Å². The molecule has 1 nitrogen and oxygen atoms in total. The molecule has 0 aliphatic rings. The zero-order valence-corrected chi connectivity index (χ0v) is 14.0. The smallest absolute Gasteiger partial charge is 0.0186 e. The lowest BCUT2D eigenvalue weighted by molar-refractivity contribution is 0.423. The van der Waals surface area contributed by atoms with Crippen molar-refractivity contribution in [3.63, 3.8) is 0 Å². The van der Waals surface area contributed by atoms with E-state index in [1.165, 1.54) is 17.7 Å². The lowest BCUT2D eigenvalue weighted by atomic mass is 10.0. The van der Waals surface area contributed by atoms with Crippen LogP contribution in [0, 0.1) is 5.92 Å². The molecule has 1 aromatic carbocycles. The van der Waals surface area contributed by atoms with Crippen molar-refractivity contribution in [2.24, 2.45) is 5.92 Å². The van der Waals surface area contributed by atoms with Crippen molar-refractivity contribution in [2.75, 3.05) is 12.3 Å². The molecule has 18 heavy (non-hydrogen) atoms. The van der Waals surface area contributed by atoms with E-state index in [-0.39, 0.29) is 0 Å². The average Bonchev–Trinajstić information content (AvgIpc) is 2.36. The van der Waals surface area contributed by atoms with Crippen LogP contribution in [0.1, 0.15) is 33.6 Å². The van der Waals surface area contributed by atoms with Gasteiger partial charge in [0.15, 0.2) is 0 Å². The summed E-state index contributed by atoms with van der Waals surface area (Å²) in [6.45, 7) is 7.86. The van der Waals surface area contributed by atoms with Crippen molar-refractivity contribution >= 4 is 27.7 Å². The number of thioether (sulfide) groups is 1. The highest BCUT2D eigenvalue weighted by molar-refractivity contribution is 9.10. The molecule has 0 amide bonds. The van der Waals surface area contributed by atoms with Gasteiger partial charge >= 0.3 is 0 Å². The van der Waals surface area contributed by atoms with Crippen LogP contribution in [-0.4, -0.2) is 18.3 Å². The Morgan fingerprint density at radius 3 is 2.72 bits per heavy atom. The summed E-state index contributed by atoms with van der Waals surface area (Å²) >= 11 is 5.47. The fourth-order valence-corrected chi connectivity index (χ4v) is 3.49. The Hall–Kier alpha value is 0.01000. The van der Waals surface area contributed by atoms with Gasteiger partial charge in [-0.3, -0.25) is 0 Å². The van der Waals surface area contributed by atoms with Gasteiger partial charge in [0.1, 0.15) is 0 Å². The predicted octanol–water partition coefficient (Wildman–Crippen LogP) is 4.96. The molecule has 1 aromatic rings. The Balaban J connectivity index is 2.46. The van der Waals surface area contributed by atoms with Gasteiger partial charge in [-0.1, -0.05) is 49.2 Å². The van der Waals surface area contributed by atoms with Crippen LogP contribution in [0.25, 0.3) is 0 Å². The summed E-state index contributed by atoms with van der Waals surface area (Å²) < 4.78 is 1.16. The molecule has 0 fully saturated rings. The normalized spacial score (nSPS) is 14.4. The highest BCUT2D eigenvalue weighted by atomic mass is 79.9. The highest BCUT2D eigenvalue weighted by Gasteiger charge is 2.11. The summed E-state index contributed by atoms with van der Waals surface area (Å²) in [7, 11) is 0. The predicted molar refractivity (Wildman–Crippen MR) is 86.4 cm³/mol. The Morgan fingerprint density at radius 1 is 1.33 bits per heavy atom. The molecule has 0 saturated heterocycles. The molecule has 1 N–H and O–H groups in total. The molecule has 0 radical (unpaired) electrons. The van der Waals surface area contributed by atoms with Gasteiger partial charge in [0, 0.05) is 21.2 Å². The van der Waals surface area contributed by atoms with Crippen LogP contribution in [0.15, 0.2) is 33.6 Å². The van der Waals surface area contributed by atoms with Gasteiger partial charge in [-0.2, -0.15) is 0 Å². The number of hydrogen-bond donors (Lipinski definition) is 1. The second-order valence-electron chi connectivity index (χ2n) is 4.77. The van der Waals surface area contributed by atoms with Crippen molar-refractivity contribution in [3.8, 4) is 0 Å². The Labute approximate surface area is 124 Å². The number of halogens is 1. The zero-order valence-electron chi connectivity index (χ0n) is 11.6. The molecule has 0 aliphatic carbocycles. The number of hydrogen-bond acceptors (Lipinski definition) is 2. The SMILES string of the molecule is CCNC(CSc1cccc(Br)c1)CC(C)CC. The maximum absolute atomic E-state index is 3.60. The summed E-state index contributed by atoms with van der Waals surface area (Å²) in [6.07, 6.45) is 2.54. The van der Waals surface area contributed by atoms with Crippen molar-refractivity contribution in [3.05, 3.63) is 28.7 Å². The van der Waals surface area contributed by atoms with E-state index in [0.29, 0.717) is 6.04 Å². The standard InChI is InChI=1S/C15H24BrNS/c1-4-12(3)9-14(17-5-2)11-18-15-8-6-7-13(16)10-15/h6-8,10,12,14,17H,4-5,9,11H2,1-3H3. The monoisotopic (exact) mass is 329 g/mol. The summed E-state index contributed by atoms with van der Waals surface area (Å²) in [5.41, 5.74) is 0. The van der Waals surface area contributed by atoms with Gasteiger partial charge in [-0.25, -0.2) is 0 Å². The van der Waals surface area contributed by atoms with E-state index in [4.69, 9.17) is 0 Å². The summed E-state index contributed by atoms with van der Waals surface area (Å²) in [6, 6.07) is 9.17. The van der Waals surface area contributed by atoms with E-state index in [9.17, 15) is 0 Å². The molecule has 1 rings (SSSR count). The molecule has 0 spiro atoms. The average molecular weight is 330 g/mol. The first-order valence-electron chi connectivity index (χ1n) is 6.77. The summed E-state index contributed by atoms with van der Waals surface area (Å²) in [5, 5.41) is 3.60. The van der Waals surface area contributed by atoms with E-state index in [1.54, 1.807) is 0 Å². The molecule has 0 heterocycles. The molecular formula is C15H24BrNS.